The molecule has 0 spiro atoms. The van der Waals surface area contributed by atoms with Gasteiger partial charge in [0.15, 0.2) is 11.5 Å². The number of nitrogens with one attached hydrogen (secondary N) is 3. The summed E-state index contributed by atoms with van der Waals surface area (Å²) >= 11 is 3.53. The molecule has 0 saturated carbocycles. The van der Waals surface area contributed by atoms with Crippen LogP contribution in [0.5, 0.6) is 0 Å². The number of benzene rings is 1. The summed E-state index contributed by atoms with van der Waals surface area (Å²) in [6, 6.07) is 6.09. The molecule has 0 unspecified atom stereocenters. The standard InChI is InChI=1S/C13H13BrN6/c1-7-3-4-8(14)9(5-7)18-12-10-11(17-6-16-10)19-13(15-2)20-12/h3-6H,1-2H3,(H3,15,16,17,18,19,20). The van der Waals surface area contributed by atoms with Gasteiger partial charge in [-0.15, -0.1) is 0 Å². The fraction of sp³-hybridized carbons (Fsp3) is 0.154. The third-order valence-corrected chi connectivity index (χ3v) is 3.58. The number of aryl methyl sites for hydroxylation is 1. The van der Waals surface area contributed by atoms with Gasteiger partial charge in [0.1, 0.15) is 5.52 Å². The minimum atomic E-state index is 0.524. The van der Waals surface area contributed by atoms with E-state index in [1.807, 2.05) is 25.1 Å². The van der Waals surface area contributed by atoms with Crippen LogP contribution in [0.4, 0.5) is 17.5 Å². The van der Waals surface area contributed by atoms with Gasteiger partial charge in [-0.1, -0.05) is 6.07 Å². The maximum Gasteiger partial charge on any atom is 0.226 e. The van der Waals surface area contributed by atoms with Crippen LogP contribution in [0.1, 0.15) is 5.56 Å². The number of hydrogen-bond acceptors (Lipinski definition) is 5. The van der Waals surface area contributed by atoms with Crippen molar-refractivity contribution in [2.75, 3.05) is 17.7 Å². The van der Waals surface area contributed by atoms with Gasteiger partial charge in [0.25, 0.3) is 0 Å². The van der Waals surface area contributed by atoms with Gasteiger partial charge in [0.2, 0.25) is 5.95 Å². The molecule has 0 atom stereocenters. The first-order chi connectivity index (χ1) is 9.67. The average Bonchev–Trinajstić information content (AvgIpc) is 2.91. The van der Waals surface area contributed by atoms with Crippen LogP contribution in [0.15, 0.2) is 29.0 Å². The lowest BCUT2D eigenvalue weighted by Crippen LogP contribution is -2.02. The van der Waals surface area contributed by atoms with Gasteiger partial charge in [-0.25, -0.2) is 4.98 Å². The third-order valence-electron chi connectivity index (χ3n) is 2.88. The maximum absolute atomic E-state index is 4.43. The lowest BCUT2D eigenvalue weighted by molar-refractivity contribution is 1.18. The normalized spacial score (nSPS) is 10.8. The first kappa shape index (κ1) is 12.9. The Morgan fingerprint density at radius 1 is 1.25 bits per heavy atom. The van der Waals surface area contributed by atoms with Crippen LogP contribution in [-0.2, 0) is 0 Å². The Hall–Kier alpha value is -2.15. The van der Waals surface area contributed by atoms with E-state index in [0.29, 0.717) is 17.4 Å². The molecule has 0 saturated heterocycles. The minimum absolute atomic E-state index is 0.524. The highest BCUT2D eigenvalue weighted by molar-refractivity contribution is 9.10. The van der Waals surface area contributed by atoms with Gasteiger partial charge in [-0.05, 0) is 40.5 Å². The molecule has 3 aromatic rings. The molecule has 0 radical (unpaired) electrons. The van der Waals surface area contributed by atoms with Crippen molar-refractivity contribution in [3.05, 3.63) is 34.6 Å². The van der Waals surface area contributed by atoms with Crippen LogP contribution in [0.25, 0.3) is 11.2 Å². The SMILES string of the molecule is CNc1nc(Nc2cc(C)ccc2Br)c2[nH]cnc2n1. The Balaban J connectivity index is 2.09. The van der Waals surface area contributed by atoms with E-state index in [-0.39, 0.29) is 0 Å². The van der Waals surface area contributed by atoms with Crippen LogP contribution in [0.2, 0.25) is 0 Å². The highest BCUT2D eigenvalue weighted by Gasteiger charge is 2.10. The number of nitrogens with zero attached hydrogens (tertiary/aromatic N) is 3. The molecule has 0 fully saturated rings. The van der Waals surface area contributed by atoms with Gasteiger partial charge in [0.05, 0.1) is 12.0 Å². The largest absolute Gasteiger partial charge is 0.357 e. The molecule has 0 bridgehead atoms. The Labute approximate surface area is 124 Å². The van der Waals surface area contributed by atoms with Crippen molar-refractivity contribution >= 4 is 44.5 Å². The number of halogens is 1. The predicted octanol–water partition coefficient (Wildman–Crippen LogP) is 3.21. The molecule has 2 aromatic heterocycles. The smallest absolute Gasteiger partial charge is 0.226 e. The van der Waals surface area contributed by atoms with Crippen molar-refractivity contribution < 1.29 is 0 Å². The van der Waals surface area contributed by atoms with Crippen LogP contribution in [0, 0.1) is 6.92 Å². The summed E-state index contributed by atoms with van der Waals surface area (Å²) in [5.74, 6) is 1.21. The molecule has 3 N–H and O–H groups in total. The van der Waals surface area contributed by atoms with Gasteiger partial charge in [0, 0.05) is 11.5 Å². The number of rotatable bonds is 3. The summed E-state index contributed by atoms with van der Waals surface area (Å²) in [7, 11) is 1.78. The molecule has 1 aromatic carbocycles. The third kappa shape index (κ3) is 2.32. The van der Waals surface area contributed by atoms with E-state index < -0.39 is 0 Å². The second kappa shape index (κ2) is 5.09. The summed E-state index contributed by atoms with van der Waals surface area (Å²) in [6.45, 7) is 2.04. The van der Waals surface area contributed by atoms with E-state index in [0.717, 1.165) is 15.7 Å². The van der Waals surface area contributed by atoms with Gasteiger partial charge in [-0.2, -0.15) is 9.97 Å². The number of H-pyrrole nitrogens is 1. The highest BCUT2D eigenvalue weighted by atomic mass is 79.9. The second-order valence-electron chi connectivity index (χ2n) is 4.36. The van der Waals surface area contributed by atoms with Crippen molar-refractivity contribution in [1.82, 2.24) is 19.9 Å². The Bertz CT molecular complexity index is 767. The molecular formula is C13H13BrN6. The summed E-state index contributed by atoms with van der Waals surface area (Å²) in [6.07, 6.45) is 1.61. The van der Waals surface area contributed by atoms with Crippen molar-refractivity contribution in [2.24, 2.45) is 0 Å². The lowest BCUT2D eigenvalue weighted by Gasteiger charge is -2.10. The van der Waals surface area contributed by atoms with Gasteiger partial charge >= 0.3 is 0 Å². The van der Waals surface area contributed by atoms with Crippen LogP contribution >= 0.6 is 15.9 Å². The average molecular weight is 333 g/mol. The number of hydrogen-bond donors (Lipinski definition) is 3. The summed E-state index contributed by atoms with van der Waals surface area (Å²) < 4.78 is 0.973. The molecular weight excluding hydrogens is 320 g/mol. The Morgan fingerprint density at radius 3 is 2.90 bits per heavy atom. The van der Waals surface area contributed by atoms with Crippen molar-refractivity contribution in [2.45, 2.75) is 6.92 Å². The van der Waals surface area contributed by atoms with E-state index in [4.69, 9.17) is 0 Å². The van der Waals surface area contributed by atoms with E-state index in [1.54, 1.807) is 13.4 Å². The van der Waals surface area contributed by atoms with E-state index in [2.05, 4.69) is 46.5 Å². The molecule has 6 nitrogen and oxygen atoms in total. The summed E-state index contributed by atoms with van der Waals surface area (Å²) in [4.78, 5) is 15.9. The zero-order valence-corrected chi connectivity index (χ0v) is 12.6. The first-order valence-electron chi connectivity index (χ1n) is 6.09. The summed E-state index contributed by atoms with van der Waals surface area (Å²) in [5, 5.41) is 6.24. The maximum atomic E-state index is 4.43. The van der Waals surface area contributed by atoms with Crippen molar-refractivity contribution in [1.29, 1.82) is 0 Å². The van der Waals surface area contributed by atoms with Crippen molar-refractivity contribution in [3.8, 4) is 0 Å². The number of anilines is 3. The van der Waals surface area contributed by atoms with E-state index in [1.165, 1.54) is 5.56 Å². The van der Waals surface area contributed by atoms with Gasteiger partial charge < -0.3 is 15.6 Å². The Morgan fingerprint density at radius 2 is 2.10 bits per heavy atom. The number of aromatic nitrogens is 4. The molecule has 7 heteroatoms. The lowest BCUT2D eigenvalue weighted by atomic mass is 10.2. The van der Waals surface area contributed by atoms with Crippen LogP contribution in [-0.4, -0.2) is 27.0 Å². The predicted molar refractivity (Wildman–Crippen MR) is 83.4 cm³/mol. The highest BCUT2D eigenvalue weighted by Crippen LogP contribution is 2.28. The van der Waals surface area contributed by atoms with Crippen molar-refractivity contribution in [3.63, 3.8) is 0 Å². The molecule has 102 valence electrons. The van der Waals surface area contributed by atoms with Crippen LogP contribution < -0.4 is 10.6 Å². The molecule has 0 aliphatic heterocycles. The number of aromatic amines is 1. The molecule has 0 amide bonds. The first-order valence-corrected chi connectivity index (χ1v) is 6.88. The van der Waals surface area contributed by atoms with Gasteiger partial charge in [-0.3, -0.25) is 0 Å². The Kier molecular flexibility index (Phi) is 3.27. The molecule has 3 rings (SSSR count). The zero-order chi connectivity index (χ0) is 14.1. The van der Waals surface area contributed by atoms with E-state index >= 15 is 0 Å². The number of fused-ring (bicyclic) bond motifs is 1. The van der Waals surface area contributed by atoms with E-state index in [9.17, 15) is 0 Å². The molecule has 20 heavy (non-hydrogen) atoms. The monoisotopic (exact) mass is 332 g/mol. The summed E-state index contributed by atoms with van der Waals surface area (Å²) in [5.41, 5.74) is 3.51. The fourth-order valence-corrected chi connectivity index (χ4v) is 2.24. The molecule has 0 aliphatic carbocycles. The fourth-order valence-electron chi connectivity index (χ4n) is 1.90. The quantitative estimate of drug-likeness (QED) is 0.686. The minimum Gasteiger partial charge on any atom is -0.357 e. The second-order valence-corrected chi connectivity index (χ2v) is 5.21. The van der Waals surface area contributed by atoms with Crippen LogP contribution in [0.3, 0.4) is 0 Å². The number of imidazole rings is 1. The topological polar surface area (TPSA) is 78.5 Å². The zero-order valence-electron chi connectivity index (χ0n) is 11.0. The molecule has 0 aliphatic rings. The molecule has 2 heterocycles.